The first kappa shape index (κ1) is 24.0. The molecule has 1 saturated heterocycles. The minimum atomic E-state index is -4.79. The first-order valence-electron chi connectivity index (χ1n) is 7.51. The molecule has 1 atom stereocenters. The molecule has 144 valence electrons. The van der Waals surface area contributed by atoms with Gasteiger partial charge in [-0.25, -0.2) is 4.39 Å². The van der Waals surface area contributed by atoms with Gasteiger partial charge in [0, 0.05) is 37.8 Å². The fourth-order valence-electron chi connectivity index (χ4n) is 2.78. The van der Waals surface area contributed by atoms with E-state index in [-0.39, 0.29) is 36.4 Å². The number of piperazine rings is 1. The lowest BCUT2D eigenvalue weighted by molar-refractivity contribution is -0.274. The summed E-state index contributed by atoms with van der Waals surface area (Å²) in [4.78, 5) is 2.08. The van der Waals surface area contributed by atoms with Crippen LogP contribution in [0.2, 0.25) is 0 Å². The standard InChI is InChI=1S/C16H20F4N2O.2ClH/c1-2-3-4-15(22-9-7-21-8-10-22)13-11-12(5-6-14(13)17)23-16(18,19)20;;/h2,5-6,11,15,21H,1,3-4,7-10H2;2*1H/t15-;;/m0../s1. The summed E-state index contributed by atoms with van der Waals surface area (Å²) in [6, 6.07) is 2.87. The van der Waals surface area contributed by atoms with Crippen LogP contribution in [-0.4, -0.2) is 37.4 Å². The third-order valence-electron chi connectivity index (χ3n) is 3.80. The quantitative estimate of drug-likeness (QED) is 0.558. The van der Waals surface area contributed by atoms with E-state index in [1.807, 2.05) is 0 Å². The molecule has 0 radical (unpaired) electrons. The molecule has 1 aliphatic rings. The molecular weight excluding hydrogens is 383 g/mol. The highest BCUT2D eigenvalue weighted by Crippen LogP contribution is 2.32. The predicted octanol–water partition coefficient (Wildman–Crippen LogP) is 4.48. The molecule has 1 aromatic carbocycles. The molecule has 1 aliphatic heterocycles. The van der Waals surface area contributed by atoms with Crippen LogP contribution in [0.5, 0.6) is 5.75 Å². The Labute approximate surface area is 157 Å². The van der Waals surface area contributed by atoms with Crippen molar-refractivity contribution < 1.29 is 22.3 Å². The van der Waals surface area contributed by atoms with Crippen molar-refractivity contribution in [2.45, 2.75) is 25.2 Å². The maximum atomic E-state index is 14.2. The van der Waals surface area contributed by atoms with Crippen LogP contribution < -0.4 is 10.1 Å². The molecule has 1 heterocycles. The summed E-state index contributed by atoms with van der Waals surface area (Å²) >= 11 is 0. The number of alkyl halides is 3. The molecule has 0 bridgehead atoms. The lowest BCUT2D eigenvalue weighted by Crippen LogP contribution is -2.45. The predicted molar refractivity (Wildman–Crippen MR) is 94.2 cm³/mol. The van der Waals surface area contributed by atoms with Gasteiger partial charge in [-0.15, -0.1) is 44.6 Å². The van der Waals surface area contributed by atoms with E-state index in [9.17, 15) is 17.6 Å². The Kier molecular flexibility index (Phi) is 10.4. The summed E-state index contributed by atoms with van der Waals surface area (Å²) in [5.41, 5.74) is 0.232. The van der Waals surface area contributed by atoms with Crippen molar-refractivity contribution in [3.05, 3.63) is 42.2 Å². The maximum Gasteiger partial charge on any atom is 0.573 e. The van der Waals surface area contributed by atoms with Crippen LogP contribution in [0.3, 0.4) is 0 Å². The Hall–Kier alpha value is -1.02. The molecule has 0 spiro atoms. The van der Waals surface area contributed by atoms with E-state index in [1.54, 1.807) is 6.08 Å². The van der Waals surface area contributed by atoms with E-state index in [4.69, 9.17) is 0 Å². The average Bonchev–Trinajstić information content (AvgIpc) is 2.50. The molecule has 3 nitrogen and oxygen atoms in total. The second kappa shape index (κ2) is 10.9. The first-order chi connectivity index (χ1) is 10.9. The third-order valence-corrected chi connectivity index (χ3v) is 3.80. The first-order valence-corrected chi connectivity index (χ1v) is 7.51. The highest BCUT2D eigenvalue weighted by molar-refractivity contribution is 5.85. The Morgan fingerprint density at radius 1 is 1.24 bits per heavy atom. The Morgan fingerprint density at radius 2 is 1.88 bits per heavy atom. The molecule has 9 heteroatoms. The molecular formula is C16H22Cl2F4N2O. The smallest absolute Gasteiger partial charge is 0.406 e. The van der Waals surface area contributed by atoms with Gasteiger partial charge in [-0.3, -0.25) is 4.90 Å². The maximum absolute atomic E-state index is 14.2. The van der Waals surface area contributed by atoms with E-state index in [2.05, 4.69) is 21.5 Å². The molecule has 2 rings (SSSR count). The van der Waals surface area contributed by atoms with Gasteiger partial charge in [-0.2, -0.15) is 0 Å². The summed E-state index contributed by atoms with van der Waals surface area (Å²) in [6.45, 7) is 6.63. The van der Waals surface area contributed by atoms with E-state index in [0.29, 0.717) is 25.9 Å². The summed E-state index contributed by atoms with van der Waals surface area (Å²) < 4.78 is 55.3. The molecule has 0 aromatic heterocycles. The molecule has 0 amide bonds. The molecule has 1 N–H and O–H groups in total. The van der Waals surface area contributed by atoms with Crippen LogP contribution in [0, 0.1) is 5.82 Å². The summed E-state index contributed by atoms with van der Waals surface area (Å²) in [7, 11) is 0. The summed E-state index contributed by atoms with van der Waals surface area (Å²) in [6.07, 6.45) is -1.82. The largest absolute Gasteiger partial charge is 0.573 e. The zero-order valence-corrected chi connectivity index (χ0v) is 15.2. The number of nitrogens with one attached hydrogen (secondary N) is 1. The lowest BCUT2D eigenvalue weighted by atomic mass is 9.98. The van der Waals surface area contributed by atoms with Crippen LogP contribution in [0.1, 0.15) is 24.4 Å². The fourth-order valence-corrected chi connectivity index (χ4v) is 2.78. The minimum Gasteiger partial charge on any atom is -0.406 e. The number of rotatable bonds is 6. The van der Waals surface area contributed by atoms with Gasteiger partial charge >= 0.3 is 6.36 Å². The minimum absolute atomic E-state index is 0. The van der Waals surface area contributed by atoms with Crippen LogP contribution in [0.15, 0.2) is 30.9 Å². The van der Waals surface area contributed by atoms with Crippen molar-refractivity contribution in [3.8, 4) is 5.75 Å². The molecule has 1 aromatic rings. The molecule has 0 unspecified atom stereocenters. The van der Waals surface area contributed by atoms with Crippen molar-refractivity contribution in [1.82, 2.24) is 10.2 Å². The van der Waals surface area contributed by atoms with Gasteiger partial charge in [0.15, 0.2) is 0 Å². The van der Waals surface area contributed by atoms with E-state index >= 15 is 0 Å². The number of ether oxygens (including phenoxy) is 1. The molecule has 25 heavy (non-hydrogen) atoms. The van der Waals surface area contributed by atoms with Crippen LogP contribution in [-0.2, 0) is 0 Å². The van der Waals surface area contributed by atoms with Gasteiger partial charge < -0.3 is 10.1 Å². The van der Waals surface area contributed by atoms with Gasteiger partial charge in [0.05, 0.1) is 0 Å². The van der Waals surface area contributed by atoms with Gasteiger partial charge in [-0.05, 0) is 31.0 Å². The zero-order valence-electron chi connectivity index (χ0n) is 13.5. The van der Waals surface area contributed by atoms with E-state index in [0.717, 1.165) is 31.3 Å². The molecule has 1 fully saturated rings. The Morgan fingerprint density at radius 3 is 2.44 bits per heavy atom. The second-order valence-corrected chi connectivity index (χ2v) is 5.40. The fraction of sp³-hybridized carbons (Fsp3) is 0.500. The highest BCUT2D eigenvalue weighted by atomic mass is 35.5. The summed E-state index contributed by atoms with van der Waals surface area (Å²) in [5.74, 6) is -0.917. The van der Waals surface area contributed by atoms with Gasteiger partial charge in [0.1, 0.15) is 11.6 Å². The van der Waals surface area contributed by atoms with Crippen molar-refractivity contribution >= 4 is 24.8 Å². The van der Waals surface area contributed by atoms with Gasteiger partial charge in [0.2, 0.25) is 0 Å². The average molecular weight is 405 g/mol. The highest BCUT2D eigenvalue weighted by Gasteiger charge is 2.32. The van der Waals surface area contributed by atoms with E-state index in [1.165, 1.54) is 0 Å². The van der Waals surface area contributed by atoms with Crippen molar-refractivity contribution in [3.63, 3.8) is 0 Å². The van der Waals surface area contributed by atoms with Crippen LogP contribution >= 0.6 is 24.8 Å². The van der Waals surface area contributed by atoms with Crippen LogP contribution in [0.25, 0.3) is 0 Å². The zero-order chi connectivity index (χ0) is 16.9. The number of hydrogen-bond acceptors (Lipinski definition) is 3. The van der Waals surface area contributed by atoms with Crippen molar-refractivity contribution in [2.24, 2.45) is 0 Å². The normalized spacial score (nSPS) is 16.3. The van der Waals surface area contributed by atoms with Gasteiger partial charge in [0.25, 0.3) is 0 Å². The monoisotopic (exact) mass is 404 g/mol. The lowest BCUT2D eigenvalue weighted by Gasteiger charge is -2.35. The molecule has 0 aliphatic carbocycles. The van der Waals surface area contributed by atoms with Crippen molar-refractivity contribution in [2.75, 3.05) is 26.2 Å². The number of benzene rings is 1. The second-order valence-electron chi connectivity index (χ2n) is 5.40. The SMILES string of the molecule is C=CCC[C@@H](c1cc(OC(F)(F)F)ccc1F)N1CCNCC1.Cl.Cl. The van der Waals surface area contributed by atoms with E-state index < -0.39 is 17.9 Å². The Bertz CT molecular complexity index is 537. The number of hydrogen-bond donors (Lipinski definition) is 1. The topological polar surface area (TPSA) is 24.5 Å². The van der Waals surface area contributed by atoms with Crippen molar-refractivity contribution in [1.29, 1.82) is 0 Å². The Balaban J connectivity index is 0.00000288. The van der Waals surface area contributed by atoms with Crippen LogP contribution in [0.4, 0.5) is 17.6 Å². The molecule has 0 saturated carbocycles. The third kappa shape index (κ3) is 7.40. The van der Waals surface area contributed by atoms with Gasteiger partial charge in [-0.1, -0.05) is 6.08 Å². The number of allylic oxidation sites excluding steroid dienone is 1. The summed E-state index contributed by atoms with van der Waals surface area (Å²) in [5, 5.41) is 3.21. The number of halogens is 6. The number of nitrogens with zero attached hydrogens (tertiary/aromatic N) is 1.